The molecule has 0 aliphatic heterocycles. The van der Waals surface area contributed by atoms with Crippen LogP contribution in [0.4, 0.5) is 11.5 Å². The molecule has 0 bridgehead atoms. The predicted octanol–water partition coefficient (Wildman–Crippen LogP) is 2.48. The van der Waals surface area contributed by atoms with E-state index in [4.69, 9.17) is 5.73 Å². The van der Waals surface area contributed by atoms with Gasteiger partial charge >= 0.3 is 5.69 Å². The van der Waals surface area contributed by atoms with Crippen LogP contribution >= 0.6 is 0 Å². The lowest BCUT2D eigenvalue weighted by molar-refractivity contribution is 0.0918. The van der Waals surface area contributed by atoms with Crippen molar-refractivity contribution < 1.29 is 9.59 Å². The molecule has 0 saturated heterocycles. The Balaban J connectivity index is 1.83. The minimum Gasteiger partial charge on any atom is -0.384 e. The number of carbonyl (C=O) groups excluding carboxylic acids is 2. The number of nitrogens with two attached hydrogens (primary N) is 1. The standard InChI is InChI=1S/C26H31N5O4/c1-5-30-24(34)21(22(27)31(25(30)35)16-17-9-7-6-8-10-17)20(32)15-28-19-13-11-18(12-14-19)23(33)29-26(2,3)4/h6-14,28H,5,15-16,27H2,1-4H3,(H,29,33). The average Bonchev–Trinajstić information content (AvgIpc) is 2.80. The Bertz CT molecular complexity index is 1330. The van der Waals surface area contributed by atoms with Crippen molar-refractivity contribution in [1.82, 2.24) is 14.5 Å². The topological polar surface area (TPSA) is 128 Å². The lowest BCUT2D eigenvalue weighted by atomic mass is 10.1. The van der Waals surface area contributed by atoms with Gasteiger partial charge in [0.2, 0.25) is 0 Å². The molecule has 1 amide bonds. The summed E-state index contributed by atoms with van der Waals surface area (Å²) in [6.45, 7) is 7.39. The Morgan fingerprint density at radius 1 is 0.943 bits per heavy atom. The van der Waals surface area contributed by atoms with E-state index in [0.717, 1.165) is 10.1 Å². The molecule has 9 nitrogen and oxygen atoms in total. The zero-order valence-electron chi connectivity index (χ0n) is 20.4. The number of Topliss-reactive ketones (excluding diaryl/α,β-unsaturated/α-hetero) is 1. The van der Waals surface area contributed by atoms with E-state index in [1.165, 1.54) is 4.57 Å². The van der Waals surface area contributed by atoms with Crippen LogP contribution in [0.3, 0.4) is 0 Å². The molecule has 3 aromatic rings. The fourth-order valence-electron chi connectivity index (χ4n) is 3.60. The summed E-state index contributed by atoms with van der Waals surface area (Å²) < 4.78 is 2.26. The summed E-state index contributed by atoms with van der Waals surface area (Å²) in [5.74, 6) is -0.894. The molecular formula is C26H31N5O4. The first-order chi connectivity index (χ1) is 16.5. The maximum Gasteiger partial charge on any atom is 0.332 e. The zero-order valence-corrected chi connectivity index (χ0v) is 20.4. The van der Waals surface area contributed by atoms with E-state index in [1.54, 1.807) is 31.2 Å². The lowest BCUT2D eigenvalue weighted by Crippen LogP contribution is -2.44. The Morgan fingerprint density at radius 3 is 2.14 bits per heavy atom. The molecule has 0 aliphatic rings. The maximum atomic E-state index is 13.0. The second kappa shape index (κ2) is 10.4. The average molecular weight is 478 g/mol. The van der Waals surface area contributed by atoms with Gasteiger partial charge in [0.05, 0.1) is 13.1 Å². The molecule has 0 spiro atoms. The highest BCUT2D eigenvalue weighted by atomic mass is 16.2. The van der Waals surface area contributed by atoms with Gasteiger partial charge in [0.15, 0.2) is 5.78 Å². The maximum absolute atomic E-state index is 13.0. The number of nitrogens with zero attached hydrogens (tertiary/aromatic N) is 2. The van der Waals surface area contributed by atoms with Crippen LogP contribution < -0.4 is 27.6 Å². The van der Waals surface area contributed by atoms with Crippen molar-refractivity contribution >= 4 is 23.2 Å². The molecule has 2 aromatic carbocycles. The highest BCUT2D eigenvalue weighted by Gasteiger charge is 2.22. The molecule has 184 valence electrons. The molecule has 1 heterocycles. The molecule has 3 rings (SSSR count). The molecule has 35 heavy (non-hydrogen) atoms. The van der Waals surface area contributed by atoms with Gasteiger partial charge in [-0.05, 0) is 57.5 Å². The summed E-state index contributed by atoms with van der Waals surface area (Å²) in [6.07, 6.45) is 0. The van der Waals surface area contributed by atoms with Gasteiger partial charge in [0, 0.05) is 23.3 Å². The van der Waals surface area contributed by atoms with Crippen molar-refractivity contribution in [2.45, 2.75) is 46.3 Å². The van der Waals surface area contributed by atoms with Gasteiger partial charge in [-0.15, -0.1) is 0 Å². The number of rotatable bonds is 8. The third-order valence-corrected chi connectivity index (χ3v) is 5.34. The Hall–Kier alpha value is -4.14. The molecule has 1 aromatic heterocycles. The van der Waals surface area contributed by atoms with Crippen molar-refractivity contribution in [3.05, 3.63) is 92.1 Å². The van der Waals surface area contributed by atoms with E-state index in [9.17, 15) is 19.2 Å². The summed E-state index contributed by atoms with van der Waals surface area (Å²) in [4.78, 5) is 51.1. The summed E-state index contributed by atoms with van der Waals surface area (Å²) in [5.41, 5.74) is 6.23. The molecule has 0 atom stereocenters. The Morgan fingerprint density at radius 2 is 1.57 bits per heavy atom. The van der Waals surface area contributed by atoms with Gasteiger partial charge in [-0.1, -0.05) is 30.3 Å². The number of hydrogen-bond acceptors (Lipinski definition) is 6. The first-order valence-corrected chi connectivity index (χ1v) is 11.4. The van der Waals surface area contributed by atoms with E-state index < -0.39 is 17.0 Å². The number of amides is 1. The van der Waals surface area contributed by atoms with Crippen LogP contribution in [-0.4, -0.2) is 32.9 Å². The largest absolute Gasteiger partial charge is 0.384 e. The quantitative estimate of drug-likeness (QED) is 0.428. The summed E-state index contributed by atoms with van der Waals surface area (Å²) >= 11 is 0. The third-order valence-electron chi connectivity index (χ3n) is 5.34. The first-order valence-electron chi connectivity index (χ1n) is 11.4. The number of nitrogens with one attached hydrogen (secondary N) is 2. The Labute approximate surface area is 203 Å². The van der Waals surface area contributed by atoms with Crippen molar-refractivity contribution in [2.24, 2.45) is 0 Å². The summed E-state index contributed by atoms with van der Waals surface area (Å²) in [5, 5.41) is 5.85. The van der Waals surface area contributed by atoms with Crippen LogP contribution in [0.25, 0.3) is 0 Å². The zero-order chi connectivity index (χ0) is 25.8. The van der Waals surface area contributed by atoms with Crippen LogP contribution in [-0.2, 0) is 13.1 Å². The van der Waals surface area contributed by atoms with Gasteiger partial charge in [-0.3, -0.25) is 23.5 Å². The highest BCUT2D eigenvalue weighted by molar-refractivity contribution is 6.02. The smallest absolute Gasteiger partial charge is 0.332 e. The lowest BCUT2D eigenvalue weighted by Gasteiger charge is -2.20. The van der Waals surface area contributed by atoms with Crippen LogP contribution in [0.15, 0.2) is 64.2 Å². The Kier molecular flexibility index (Phi) is 7.58. The minimum absolute atomic E-state index is 0.110. The van der Waals surface area contributed by atoms with Gasteiger partial charge in [-0.2, -0.15) is 0 Å². The number of carbonyl (C=O) groups is 2. The number of aromatic nitrogens is 2. The van der Waals surface area contributed by atoms with Crippen molar-refractivity contribution in [3.8, 4) is 0 Å². The van der Waals surface area contributed by atoms with Gasteiger partial charge in [0.1, 0.15) is 11.4 Å². The van der Waals surface area contributed by atoms with Crippen LogP contribution in [0.5, 0.6) is 0 Å². The van der Waals surface area contributed by atoms with Gasteiger partial charge < -0.3 is 16.4 Å². The van der Waals surface area contributed by atoms with E-state index in [1.807, 2.05) is 51.1 Å². The number of anilines is 2. The van der Waals surface area contributed by atoms with Crippen molar-refractivity contribution in [1.29, 1.82) is 0 Å². The molecule has 0 unspecified atom stereocenters. The molecule has 0 aliphatic carbocycles. The molecule has 4 N–H and O–H groups in total. The molecule has 0 saturated carbocycles. The van der Waals surface area contributed by atoms with Crippen LogP contribution in [0.2, 0.25) is 0 Å². The van der Waals surface area contributed by atoms with Gasteiger partial charge in [0.25, 0.3) is 11.5 Å². The predicted molar refractivity (Wildman–Crippen MR) is 137 cm³/mol. The monoisotopic (exact) mass is 477 g/mol. The fourth-order valence-corrected chi connectivity index (χ4v) is 3.60. The van der Waals surface area contributed by atoms with E-state index >= 15 is 0 Å². The second-order valence-corrected chi connectivity index (χ2v) is 9.22. The van der Waals surface area contributed by atoms with Crippen LogP contribution in [0.1, 0.15) is 54.0 Å². The van der Waals surface area contributed by atoms with Crippen LogP contribution in [0, 0.1) is 0 Å². The normalized spacial score (nSPS) is 11.2. The van der Waals surface area contributed by atoms with Crippen molar-refractivity contribution in [2.75, 3.05) is 17.6 Å². The van der Waals surface area contributed by atoms with E-state index in [-0.39, 0.29) is 42.5 Å². The fraction of sp³-hybridized carbons (Fsp3) is 0.308. The van der Waals surface area contributed by atoms with Gasteiger partial charge in [-0.25, -0.2) is 4.79 Å². The molecule has 0 fully saturated rings. The first kappa shape index (κ1) is 25.5. The SMILES string of the molecule is CCn1c(=O)c(C(=O)CNc2ccc(C(=O)NC(C)(C)C)cc2)c(N)n(Cc2ccccc2)c1=O. The summed E-state index contributed by atoms with van der Waals surface area (Å²) in [7, 11) is 0. The minimum atomic E-state index is -0.708. The summed E-state index contributed by atoms with van der Waals surface area (Å²) in [6, 6.07) is 15.8. The number of ketones is 1. The molecule has 0 radical (unpaired) electrons. The van der Waals surface area contributed by atoms with Crippen molar-refractivity contribution in [3.63, 3.8) is 0 Å². The number of nitrogen functional groups attached to an aromatic ring is 1. The molecule has 9 heteroatoms. The second-order valence-electron chi connectivity index (χ2n) is 9.22. The van der Waals surface area contributed by atoms with E-state index in [2.05, 4.69) is 10.6 Å². The van der Waals surface area contributed by atoms with E-state index in [0.29, 0.717) is 11.3 Å². The molecular weight excluding hydrogens is 446 g/mol. The number of hydrogen-bond donors (Lipinski definition) is 3. The number of benzene rings is 2. The highest BCUT2D eigenvalue weighted by Crippen LogP contribution is 2.13. The third kappa shape index (κ3) is 6.06.